The summed E-state index contributed by atoms with van der Waals surface area (Å²) in [4.78, 5) is 15.3. The molecule has 1 atom stereocenters. The fourth-order valence-electron chi connectivity index (χ4n) is 3.60. The molecule has 0 radical (unpaired) electrons. The Morgan fingerprint density at radius 2 is 1.62 bits per heavy atom. The molecule has 156 valence electrons. The number of amides is 1. The van der Waals surface area contributed by atoms with Gasteiger partial charge in [-0.25, -0.2) is 8.42 Å². The van der Waals surface area contributed by atoms with Crippen molar-refractivity contribution in [1.29, 1.82) is 0 Å². The number of nitrogens with zero attached hydrogens (tertiary/aromatic N) is 2. The van der Waals surface area contributed by atoms with Gasteiger partial charge in [0.15, 0.2) is 0 Å². The zero-order valence-electron chi connectivity index (χ0n) is 17.0. The number of likely N-dealkylation sites (N-methyl/N-ethyl adjacent to an activating group) is 1. The van der Waals surface area contributed by atoms with E-state index in [0.717, 1.165) is 35.8 Å². The highest BCUT2D eigenvalue weighted by atomic mass is 32.2. The van der Waals surface area contributed by atoms with E-state index in [2.05, 4.69) is 22.3 Å². The smallest absolute Gasteiger partial charge is 0.243 e. The number of rotatable bonds is 8. The Balaban J connectivity index is 1.65. The number of hydrogen-bond acceptors (Lipinski definition) is 4. The quantitative estimate of drug-likeness (QED) is 0.719. The van der Waals surface area contributed by atoms with Crippen molar-refractivity contribution in [2.24, 2.45) is 0 Å². The number of benzene rings is 2. The van der Waals surface area contributed by atoms with E-state index in [-0.39, 0.29) is 5.91 Å². The first kappa shape index (κ1) is 21.5. The number of nitrogens with one attached hydrogen (secondary N) is 1. The molecule has 29 heavy (non-hydrogen) atoms. The zero-order valence-corrected chi connectivity index (χ0v) is 17.9. The number of sulfonamides is 1. The SMILES string of the molecule is CN([C@@H](C(=O)NCc1ccc(CN2CCCC2)cc1)c1ccccc1)S(C)(=O)=O. The molecule has 0 aliphatic carbocycles. The second kappa shape index (κ2) is 9.52. The van der Waals surface area contributed by atoms with Crippen LogP contribution in [0.1, 0.15) is 35.6 Å². The Hall–Kier alpha value is -2.22. The van der Waals surface area contributed by atoms with E-state index in [1.54, 1.807) is 24.3 Å². The summed E-state index contributed by atoms with van der Waals surface area (Å²) in [5.41, 5.74) is 2.89. The van der Waals surface area contributed by atoms with Gasteiger partial charge in [0.05, 0.1) is 6.26 Å². The summed E-state index contributed by atoms with van der Waals surface area (Å²) in [6.45, 7) is 3.63. The first-order valence-corrected chi connectivity index (χ1v) is 11.8. The van der Waals surface area contributed by atoms with Crippen LogP contribution in [0.15, 0.2) is 54.6 Å². The van der Waals surface area contributed by atoms with Gasteiger partial charge in [0.25, 0.3) is 0 Å². The molecule has 2 aromatic carbocycles. The fourth-order valence-corrected chi connectivity index (χ4v) is 4.20. The molecule has 0 spiro atoms. The summed E-state index contributed by atoms with van der Waals surface area (Å²) in [5, 5.41) is 2.89. The van der Waals surface area contributed by atoms with Crippen LogP contribution in [0.2, 0.25) is 0 Å². The van der Waals surface area contributed by atoms with Crippen molar-refractivity contribution in [3.8, 4) is 0 Å². The van der Waals surface area contributed by atoms with Gasteiger partial charge in [-0.1, -0.05) is 54.6 Å². The molecule has 2 aromatic rings. The molecule has 1 aliphatic heterocycles. The Labute approximate surface area is 173 Å². The maximum absolute atomic E-state index is 12.9. The molecule has 7 heteroatoms. The van der Waals surface area contributed by atoms with E-state index in [9.17, 15) is 13.2 Å². The third kappa shape index (κ3) is 5.88. The van der Waals surface area contributed by atoms with Gasteiger partial charge in [0.1, 0.15) is 6.04 Å². The lowest BCUT2D eigenvalue weighted by Gasteiger charge is -2.25. The number of carbonyl (C=O) groups excluding carboxylic acids is 1. The second-order valence-electron chi connectivity index (χ2n) is 7.61. The highest BCUT2D eigenvalue weighted by Gasteiger charge is 2.30. The van der Waals surface area contributed by atoms with Crippen LogP contribution in [0.5, 0.6) is 0 Å². The maximum Gasteiger partial charge on any atom is 0.243 e. The maximum atomic E-state index is 12.9. The molecular weight excluding hydrogens is 386 g/mol. The van der Waals surface area contributed by atoms with Crippen LogP contribution in [-0.4, -0.2) is 49.9 Å². The van der Waals surface area contributed by atoms with Crippen LogP contribution < -0.4 is 5.32 Å². The standard InChI is InChI=1S/C22H29N3O3S/c1-24(29(2,27)28)21(20-8-4-3-5-9-20)22(26)23-16-18-10-12-19(13-11-18)17-25-14-6-7-15-25/h3-5,8-13,21H,6-7,14-17H2,1-2H3,(H,23,26)/t21-/m1/s1. The highest BCUT2D eigenvalue weighted by molar-refractivity contribution is 7.88. The average Bonchev–Trinajstić information content (AvgIpc) is 3.21. The number of hydrogen-bond donors (Lipinski definition) is 1. The molecule has 0 aromatic heterocycles. The van der Waals surface area contributed by atoms with Gasteiger partial charge in [-0.3, -0.25) is 9.69 Å². The first-order valence-electron chi connectivity index (χ1n) is 9.90. The monoisotopic (exact) mass is 415 g/mol. The molecule has 0 bridgehead atoms. The lowest BCUT2D eigenvalue weighted by molar-refractivity contribution is -0.124. The molecule has 6 nitrogen and oxygen atoms in total. The molecule has 1 amide bonds. The van der Waals surface area contributed by atoms with E-state index in [4.69, 9.17) is 0 Å². The van der Waals surface area contributed by atoms with Crippen molar-refractivity contribution < 1.29 is 13.2 Å². The number of likely N-dealkylation sites (tertiary alicyclic amines) is 1. The third-order valence-electron chi connectivity index (χ3n) is 5.34. The van der Waals surface area contributed by atoms with Crippen LogP contribution in [0.3, 0.4) is 0 Å². The molecule has 3 rings (SSSR count). The predicted molar refractivity (Wildman–Crippen MR) is 115 cm³/mol. The summed E-state index contributed by atoms with van der Waals surface area (Å²) in [6, 6.07) is 16.3. The summed E-state index contributed by atoms with van der Waals surface area (Å²) >= 11 is 0. The zero-order chi connectivity index (χ0) is 20.9. The number of carbonyl (C=O) groups is 1. The van der Waals surface area contributed by atoms with E-state index in [1.165, 1.54) is 25.5 Å². The topological polar surface area (TPSA) is 69.7 Å². The van der Waals surface area contributed by atoms with E-state index in [1.807, 2.05) is 18.2 Å². The van der Waals surface area contributed by atoms with Gasteiger partial charge < -0.3 is 5.32 Å². The normalized spacial score (nSPS) is 16.1. The third-order valence-corrected chi connectivity index (χ3v) is 6.60. The minimum absolute atomic E-state index is 0.342. The molecule has 0 unspecified atom stereocenters. The van der Waals surface area contributed by atoms with Crippen LogP contribution in [0, 0.1) is 0 Å². The van der Waals surface area contributed by atoms with Crippen LogP contribution in [-0.2, 0) is 27.9 Å². The first-order chi connectivity index (χ1) is 13.8. The van der Waals surface area contributed by atoms with Crippen molar-refractivity contribution in [3.63, 3.8) is 0 Å². The Morgan fingerprint density at radius 1 is 1.03 bits per heavy atom. The van der Waals surface area contributed by atoms with Crippen molar-refractivity contribution in [2.75, 3.05) is 26.4 Å². The molecule has 0 saturated carbocycles. The van der Waals surface area contributed by atoms with Crippen molar-refractivity contribution >= 4 is 15.9 Å². The van der Waals surface area contributed by atoms with E-state index >= 15 is 0 Å². The molecule has 1 fully saturated rings. The van der Waals surface area contributed by atoms with Crippen molar-refractivity contribution in [2.45, 2.75) is 32.0 Å². The van der Waals surface area contributed by atoms with Crippen LogP contribution in [0.25, 0.3) is 0 Å². The van der Waals surface area contributed by atoms with Crippen LogP contribution in [0.4, 0.5) is 0 Å². The highest BCUT2D eigenvalue weighted by Crippen LogP contribution is 2.22. The Bertz CT molecular complexity index is 908. The molecule has 1 heterocycles. The van der Waals surface area contributed by atoms with E-state index in [0.29, 0.717) is 12.1 Å². The van der Waals surface area contributed by atoms with Gasteiger partial charge in [-0.2, -0.15) is 4.31 Å². The summed E-state index contributed by atoms with van der Waals surface area (Å²) < 4.78 is 25.2. The summed E-state index contributed by atoms with van der Waals surface area (Å²) in [7, 11) is -2.10. The molecule has 1 N–H and O–H groups in total. The van der Waals surface area contributed by atoms with Gasteiger partial charge >= 0.3 is 0 Å². The largest absolute Gasteiger partial charge is 0.350 e. The van der Waals surface area contributed by atoms with Crippen molar-refractivity contribution in [3.05, 3.63) is 71.3 Å². The fraction of sp³-hybridized carbons (Fsp3) is 0.409. The molecule has 1 saturated heterocycles. The second-order valence-corrected chi connectivity index (χ2v) is 9.65. The summed E-state index contributed by atoms with van der Waals surface area (Å²) in [5.74, 6) is -0.342. The van der Waals surface area contributed by atoms with Crippen molar-refractivity contribution in [1.82, 2.24) is 14.5 Å². The molecular formula is C22H29N3O3S. The van der Waals surface area contributed by atoms with E-state index < -0.39 is 16.1 Å². The lowest BCUT2D eigenvalue weighted by Crippen LogP contribution is -2.41. The van der Waals surface area contributed by atoms with Crippen LogP contribution >= 0.6 is 0 Å². The lowest BCUT2D eigenvalue weighted by atomic mass is 10.1. The molecule has 1 aliphatic rings. The van der Waals surface area contributed by atoms with Gasteiger partial charge in [-0.15, -0.1) is 0 Å². The van der Waals surface area contributed by atoms with Gasteiger partial charge in [-0.05, 0) is 42.6 Å². The van der Waals surface area contributed by atoms with Gasteiger partial charge in [0.2, 0.25) is 15.9 Å². The Kier molecular flexibility index (Phi) is 7.05. The average molecular weight is 416 g/mol. The Morgan fingerprint density at radius 3 is 2.21 bits per heavy atom. The summed E-state index contributed by atoms with van der Waals surface area (Å²) in [6.07, 6.45) is 3.65. The minimum Gasteiger partial charge on any atom is -0.350 e. The van der Waals surface area contributed by atoms with Gasteiger partial charge in [0, 0.05) is 20.1 Å². The minimum atomic E-state index is -3.53. The predicted octanol–water partition coefficient (Wildman–Crippen LogP) is 2.53.